The lowest BCUT2D eigenvalue weighted by Gasteiger charge is -1.98. The van der Waals surface area contributed by atoms with Crippen molar-refractivity contribution in [3.05, 3.63) is 50.9 Å². The molecule has 0 saturated carbocycles. The average Bonchev–Trinajstić information content (AvgIpc) is 2.66. The fourth-order valence-corrected chi connectivity index (χ4v) is 2.36. The van der Waals surface area contributed by atoms with E-state index < -0.39 is 0 Å². The average molecular weight is 252 g/mol. The molecule has 0 radical (unpaired) electrons. The monoisotopic (exact) mass is 251 g/mol. The number of halogens is 1. The number of aromatic nitrogens is 1. The Morgan fingerprint density at radius 3 is 2.94 bits per heavy atom. The van der Waals surface area contributed by atoms with E-state index in [4.69, 9.17) is 22.7 Å². The summed E-state index contributed by atoms with van der Waals surface area (Å²) in [4.78, 5) is 4.92. The Morgan fingerprint density at radius 1 is 1.50 bits per heavy atom. The van der Waals surface area contributed by atoms with E-state index in [2.05, 4.69) is 4.98 Å². The van der Waals surface area contributed by atoms with Crippen LogP contribution in [0, 0.1) is 5.41 Å². The fraction of sp³-hybridized carbons (Fsp3) is 0.0909. The third-order valence-electron chi connectivity index (χ3n) is 2.06. The number of nitrogens with zero attached hydrogens (tertiary/aromatic N) is 1. The van der Waals surface area contributed by atoms with Gasteiger partial charge in [0.2, 0.25) is 0 Å². The van der Waals surface area contributed by atoms with Gasteiger partial charge in [-0.2, -0.15) is 0 Å². The van der Waals surface area contributed by atoms with Crippen molar-refractivity contribution in [2.75, 3.05) is 0 Å². The molecule has 0 saturated heterocycles. The lowest BCUT2D eigenvalue weighted by molar-refractivity contribution is 1.14. The molecule has 0 spiro atoms. The third-order valence-corrected chi connectivity index (χ3v) is 3.33. The van der Waals surface area contributed by atoms with Crippen LogP contribution in [0.3, 0.4) is 0 Å². The molecular formula is C11H10ClN3S. The Kier molecular flexibility index (Phi) is 3.22. The number of hydrogen-bond acceptors (Lipinski definition) is 3. The highest BCUT2D eigenvalue weighted by atomic mass is 35.5. The number of nitrogens with two attached hydrogens (primary N) is 1. The zero-order valence-corrected chi connectivity index (χ0v) is 9.98. The first-order valence-corrected chi connectivity index (χ1v) is 5.88. The van der Waals surface area contributed by atoms with Crippen LogP contribution < -0.4 is 5.73 Å². The minimum atomic E-state index is 0.0647. The summed E-state index contributed by atoms with van der Waals surface area (Å²) in [5.74, 6) is 0.0647. The minimum absolute atomic E-state index is 0.0647. The molecule has 0 aliphatic carbocycles. The maximum atomic E-state index is 7.29. The quantitative estimate of drug-likeness (QED) is 0.651. The van der Waals surface area contributed by atoms with Crippen LogP contribution in [-0.2, 0) is 6.42 Å². The van der Waals surface area contributed by atoms with Crippen LogP contribution in [0.1, 0.15) is 15.4 Å². The minimum Gasteiger partial charge on any atom is -0.383 e. The maximum absolute atomic E-state index is 7.29. The molecule has 3 nitrogen and oxygen atoms in total. The number of hydrogen-bond donors (Lipinski definition) is 2. The van der Waals surface area contributed by atoms with Gasteiger partial charge in [-0.15, -0.1) is 11.3 Å². The van der Waals surface area contributed by atoms with Crippen molar-refractivity contribution in [2.45, 2.75) is 6.42 Å². The van der Waals surface area contributed by atoms with Gasteiger partial charge in [0.15, 0.2) is 0 Å². The van der Waals surface area contributed by atoms with Crippen LogP contribution in [-0.4, -0.2) is 10.8 Å². The van der Waals surface area contributed by atoms with Gasteiger partial charge in [0.25, 0.3) is 0 Å². The van der Waals surface area contributed by atoms with Crippen LogP contribution in [0.4, 0.5) is 0 Å². The lowest BCUT2D eigenvalue weighted by atomic mass is 10.2. The number of nitrogens with one attached hydrogen (secondary N) is 1. The van der Waals surface area contributed by atoms with Gasteiger partial charge in [-0.05, 0) is 17.7 Å². The Hall–Kier alpha value is -1.39. The van der Waals surface area contributed by atoms with Crippen LogP contribution in [0.15, 0.2) is 30.5 Å². The molecule has 0 bridgehead atoms. The fourth-order valence-electron chi connectivity index (χ4n) is 1.34. The molecule has 5 heteroatoms. The number of benzene rings is 1. The molecule has 82 valence electrons. The highest BCUT2D eigenvalue weighted by molar-refractivity contribution is 7.13. The molecular weight excluding hydrogens is 242 g/mol. The SMILES string of the molecule is N=C(N)c1cnc(Cc2cccc(Cl)c2)s1. The number of rotatable bonds is 3. The molecule has 1 aromatic heterocycles. The highest BCUT2D eigenvalue weighted by Crippen LogP contribution is 2.18. The second kappa shape index (κ2) is 4.63. The zero-order valence-electron chi connectivity index (χ0n) is 8.40. The van der Waals surface area contributed by atoms with Crippen molar-refractivity contribution >= 4 is 28.8 Å². The van der Waals surface area contributed by atoms with E-state index in [1.807, 2.05) is 24.3 Å². The van der Waals surface area contributed by atoms with Crippen molar-refractivity contribution < 1.29 is 0 Å². The van der Waals surface area contributed by atoms with E-state index in [0.29, 0.717) is 4.88 Å². The second-order valence-corrected chi connectivity index (χ2v) is 4.89. The maximum Gasteiger partial charge on any atom is 0.134 e. The Morgan fingerprint density at radius 2 is 2.31 bits per heavy atom. The predicted molar refractivity (Wildman–Crippen MR) is 67.4 cm³/mol. The van der Waals surface area contributed by atoms with Gasteiger partial charge in [-0.25, -0.2) is 4.98 Å². The molecule has 1 heterocycles. The summed E-state index contributed by atoms with van der Waals surface area (Å²) in [5.41, 5.74) is 6.49. The van der Waals surface area contributed by atoms with Crippen molar-refractivity contribution in [1.82, 2.24) is 4.98 Å². The normalized spacial score (nSPS) is 10.3. The molecule has 0 aliphatic rings. The first-order chi connectivity index (χ1) is 7.65. The standard InChI is InChI=1S/C11H10ClN3S/c12-8-3-1-2-7(4-8)5-10-15-6-9(16-10)11(13)14/h1-4,6H,5H2,(H3,13,14). The molecule has 2 rings (SSSR count). The summed E-state index contributed by atoms with van der Waals surface area (Å²) in [7, 11) is 0. The zero-order chi connectivity index (χ0) is 11.5. The van der Waals surface area contributed by atoms with Crippen molar-refractivity contribution in [1.29, 1.82) is 5.41 Å². The molecule has 0 unspecified atom stereocenters. The van der Waals surface area contributed by atoms with Crippen LogP contribution in [0.2, 0.25) is 5.02 Å². The Labute approximate surface area is 102 Å². The van der Waals surface area contributed by atoms with Gasteiger partial charge in [0.1, 0.15) is 5.84 Å². The number of nitrogen functional groups attached to an aromatic ring is 1. The van der Waals surface area contributed by atoms with Gasteiger partial charge < -0.3 is 5.73 Å². The summed E-state index contributed by atoms with van der Waals surface area (Å²) >= 11 is 7.33. The lowest BCUT2D eigenvalue weighted by Crippen LogP contribution is -2.08. The number of amidine groups is 1. The van der Waals surface area contributed by atoms with Crippen molar-refractivity contribution in [2.24, 2.45) is 5.73 Å². The van der Waals surface area contributed by atoms with Gasteiger partial charge >= 0.3 is 0 Å². The van der Waals surface area contributed by atoms with E-state index in [1.165, 1.54) is 11.3 Å². The van der Waals surface area contributed by atoms with E-state index in [1.54, 1.807) is 6.20 Å². The molecule has 2 aromatic rings. The summed E-state index contributed by atoms with van der Waals surface area (Å²) in [6, 6.07) is 7.67. The van der Waals surface area contributed by atoms with E-state index in [-0.39, 0.29) is 5.84 Å². The molecule has 0 amide bonds. The Balaban J connectivity index is 2.17. The first-order valence-electron chi connectivity index (χ1n) is 4.68. The summed E-state index contributed by atoms with van der Waals surface area (Å²) in [6.45, 7) is 0. The summed E-state index contributed by atoms with van der Waals surface area (Å²) < 4.78 is 0. The topological polar surface area (TPSA) is 62.8 Å². The summed E-state index contributed by atoms with van der Waals surface area (Å²) in [5, 5.41) is 8.95. The Bertz CT molecular complexity index is 521. The molecule has 16 heavy (non-hydrogen) atoms. The molecule has 0 atom stereocenters. The molecule has 1 aromatic carbocycles. The van der Waals surface area contributed by atoms with Crippen molar-refractivity contribution in [3.8, 4) is 0 Å². The van der Waals surface area contributed by atoms with E-state index in [0.717, 1.165) is 22.0 Å². The molecule has 3 N–H and O–H groups in total. The largest absolute Gasteiger partial charge is 0.383 e. The molecule has 0 fully saturated rings. The smallest absolute Gasteiger partial charge is 0.134 e. The number of thiazole rings is 1. The second-order valence-electron chi connectivity index (χ2n) is 3.34. The van der Waals surface area contributed by atoms with E-state index >= 15 is 0 Å². The van der Waals surface area contributed by atoms with Crippen LogP contribution in [0.25, 0.3) is 0 Å². The predicted octanol–water partition coefficient (Wildman–Crippen LogP) is 2.67. The highest BCUT2D eigenvalue weighted by Gasteiger charge is 2.05. The van der Waals surface area contributed by atoms with E-state index in [9.17, 15) is 0 Å². The van der Waals surface area contributed by atoms with Gasteiger partial charge in [-0.3, -0.25) is 5.41 Å². The van der Waals surface area contributed by atoms with Crippen LogP contribution in [0.5, 0.6) is 0 Å². The van der Waals surface area contributed by atoms with Crippen LogP contribution >= 0.6 is 22.9 Å². The first kappa shape index (κ1) is 11.1. The third kappa shape index (κ3) is 2.59. The van der Waals surface area contributed by atoms with Gasteiger partial charge in [-0.1, -0.05) is 23.7 Å². The van der Waals surface area contributed by atoms with Crippen molar-refractivity contribution in [3.63, 3.8) is 0 Å². The summed E-state index contributed by atoms with van der Waals surface area (Å²) in [6.07, 6.45) is 2.35. The van der Waals surface area contributed by atoms with Gasteiger partial charge in [0.05, 0.1) is 9.88 Å². The van der Waals surface area contributed by atoms with Gasteiger partial charge in [0, 0.05) is 17.6 Å². The molecule has 0 aliphatic heterocycles.